The molecule has 0 spiro atoms. The molecule has 1 saturated heterocycles. The van der Waals surface area contributed by atoms with Crippen LogP contribution < -0.4 is 10.1 Å². The lowest BCUT2D eigenvalue weighted by Gasteiger charge is -2.35. The Labute approximate surface area is 112 Å². The highest BCUT2D eigenvalue weighted by Crippen LogP contribution is 2.18. The molecule has 0 aliphatic carbocycles. The maximum atomic E-state index is 13.7. The van der Waals surface area contributed by atoms with Gasteiger partial charge in [0.25, 0.3) is 5.91 Å². The molecular weight excluding hydrogens is 259 g/mol. The number of amides is 1. The standard InChI is InChI=1S/C12H15FN2O2.ClH/c1-15(8-6-14-7-8)12(16)10-4-3-9(17-2)5-11(10)13;/h3-5,8,14H,6-7H2,1-2H3;1H. The lowest BCUT2D eigenvalue weighted by Crippen LogP contribution is -2.57. The van der Waals surface area contributed by atoms with E-state index in [1.54, 1.807) is 18.0 Å². The van der Waals surface area contributed by atoms with Crippen molar-refractivity contribution in [3.63, 3.8) is 0 Å². The van der Waals surface area contributed by atoms with Crippen LogP contribution in [0.3, 0.4) is 0 Å². The van der Waals surface area contributed by atoms with Gasteiger partial charge in [-0.3, -0.25) is 4.79 Å². The van der Waals surface area contributed by atoms with Gasteiger partial charge >= 0.3 is 0 Å². The third kappa shape index (κ3) is 2.73. The topological polar surface area (TPSA) is 41.6 Å². The summed E-state index contributed by atoms with van der Waals surface area (Å²) in [5.74, 6) is -0.433. The van der Waals surface area contributed by atoms with Crippen molar-refractivity contribution in [3.8, 4) is 5.75 Å². The fourth-order valence-electron chi connectivity index (χ4n) is 1.70. The number of carbonyl (C=O) groups is 1. The summed E-state index contributed by atoms with van der Waals surface area (Å²) in [7, 11) is 3.15. The average molecular weight is 275 g/mol. The Morgan fingerprint density at radius 1 is 1.50 bits per heavy atom. The van der Waals surface area contributed by atoms with E-state index in [0.717, 1.165) is 13.1 Å². The third-order valence-electron chi connectivity index (χ3n) is 3.03. The van der Waals surface area contributed by atoms with E-state index in [4.69, 9.17) is 4.74 Å². The monoisotopic (exact) mass is 274 g/mol. The first-order valence-corrected chi connectivity index (χ1v) is 5.45. The lowest BCUT2D eigenvalue weighted by molar-refractivity contribution is 0.0676. The first kappa shape index (κ1) is 14.7. The van der Waals surface area contributed by atoms with Gasteiger partial charge in [0, 0.05) is 26.2 Å². The highest BCUT2D eigenvalue weighted by atomic mass is 35.5. The summed E-state index contributed by atoms with van der Waals surface area (Å²) < 4.78 is 18.6. The van der Waals surface area contributed by atoms with Gasteiger partial charge in [-0.25, -0.2) is 4.39 Å². The predicted molar refractivity (Wildman–Crippen MR) is 69.0 cm³/mol. The van der Waals surface area contributed by atoms with Crippen LogP contribution in [0.1, 0.15) is 10.4 Å². The van der Waals surface area contributed by atoms with Crippen LogP contribution in [-0.4, -0.2) is 44.1 Å². The molecule has 18 heavy (non-hydrogen) atoms. The largest absolute Gasteiger partial charge is 0.497 e. The summed E-state index contributed by atoms with van der Waals surface area (Å²) in [6.45, 7) is 1.53. The number of hydrogen-bond acceptors (Lipinski definition) is 3. The van der Waals surface area contributed by atoms with Gasteiger partial charge in [0.15, 0.2) is 0 Å². The minimum atomic E-state index is -0.548. The Balaban J connectivity index is 0.00000162. The molecule has 100 valence electrons. The molecule has 0 aromatic heterocycles. The summed E-state index contributed by atoms with van der Waals surface area (Å²) in [4.78, 5) is 13.6. The minimum Gasteiger partial charge on any atom is -0.497 e. The lowest BCUT2D eigenvalue weighted by atomic mass is 10.1. The molecule has 0 unspecified atom stereocenters. The van der Waals surface area contributed by atoms with Crippen LogP contribution >= 0.6 is 12.4 Å². The van der Waals surface area contributed by atoms with Crippen molar-refractivity contribution >= 4 is 18.3 Å². The number of methoxy groups -OCH3 is 1. The zero-order valence-electron chi connectivity index (χ0n) is 10.3. The molecule has 0 bridgehead atoms. The molecule has 0 atom stereocenters. The van der Waals surface area contributed by atoms with E-state index in [1.807, 2.05) is 0 Å². The fourth-order valence-corrected chi connectivity index (χ4v) is 1.70. The Hall–Kier alpha value is -1.33. The average Bonchev–Trinajstić information content (AvgIpc) is 2.25. The fraction of sp³-hybridized carbons (Fsp3) is 0.417. The number of nitrogens with one attached hydrogen (secondary N) is 1. The van der Waals surface area contributed by atoms with Gasteiger partial charge in [-0.15, -0.1) is 12.4 Å². The second-order valence-electron chi connectivity index (χ2n) is 4.07. The van der Waals surface area contributed by atoms with E-state index < -0.39 is 5.82 Å². The normalized spacial score (nSPS) is 14.4. The van der Waals surface area contributed by atoms with Gasteiger partial charge < -0.3 is 15.0 Å². The van der Waals surface area contributed by atoms with E-state index in [0.29, 0.717) is 5.75 Å². The zero-order valence-corrected chi connectivity index (χ0v) is 11.1. The third-order valence-corrected chi connectivity index (χ3v) is 3.03. The number of carbonyl (C=O) groups excluding carboxylic acids is 1. The SMILES string of the molecule is COc1ccc(C(=O)N(C)C2CNC2)c(F)c1.Cl. The number of likely N-dealkylation sites (N-methyl/N-ethyl adjacent to an activating group) is 1. The summed E-state index contributed by atoms with van der Waals surface area (Å²) in [6, 6.07) is 4.42. The van der Waals surface area contributed by atoms with Crippen LogP contribution in [0, 0.1) is 5.82 Å². The Morgan fingerprint density at radius 2 is 2.17 bits per heavy atom. The summed E-state index contributed by atoms with van der Waals surface area (Å²) in [5, 5.41) is 3.07. The number of nitrogens with zero attached hydrogens (tertiary/aromatic N) is 1. The maximum absolute atomic E-state index is 13.7. The van der Waals surface area contributed by atoms with Gasteiger partial charge in [-0.05, 0) is 12.1 Å². The molecule has 1 aliphatic heterocycles. The first-order chi connectivity index (χ1) is 8.13. The van der Waals surface area contributed by atoms with Crippen molar-refractivity contribution < 1.29 is 13.9 Å². The number of hydrogen-bond donors (Lipinski definition) is 1. The van der Waals surface area contributed by atoms with E-state index in [-0.39, 0.29) is 29.9 Å². The molecule has 1 heterocycles. The molecule has 1 aromatic carbocycles. The summed E-state index contributed by atoms with van der Waals surface area (Å²) >= 11 is 0. The van der Waals surface area contributed by atoms with Crippen molar-refractivity contribution in [2.75, 3.05) is 27.2 Å². The molecule has 1 N–H and O–H groups in total. The van der Waals surface area contributed by atoms with E-state index in [2.05, 4.69) is 5.32 Å². The molecule has 2 rings (SSSR count). The van der Waals surface area contributed by atoms with Crippen molar-refractivity contribution in [3.05, 3.63) is 29.6 Å². The van der Waals surface area contributed by atoms with Gasteiger partial charge in [0.2, 0.25) is 0 Å². The Kier molecular flexibility index (Phi) is 4.93. The highest BCUT2D eigenvalue weighted by Gasteiger charge is 2.27. The zero-order chi connectivity index (χ0) is 12.4. The van der Waals surface area contributed by atoms with Crippen molar-refractivity contribution in [1.29, 1.82) is 0 Å². The molecule has 1 fully saturated rings. The van der Waals surface area contributed by atoms with E-state index in [1.165, 1.54) is 19.2 Å². The Morgan fingerprint density at radius 3 is 2.61 bits per heavy atom. The number of benzene rings is 1. The molecule has 1 amide bonds. The highest BCUT2D eigenvalue weighted by molar-refractivity contribution is 5.94. The van der Waals surface area contributed by atoms with Gasteiger partial charge in [0.05, 0.1) is 18.7 Å². The number of ether oxygens (including phenoxy) is 1. The molecular formula is C12H16ClFN2O2. The summed E-state index contributed by atoms with van der Waals surface area (Å²) in [5.41, 5.74) is 0.0835. The minimum absolute atomic E-state index is 0. The van der Waals surface area contributed by atoms with Crippen molar-refractivity contribution in [2.24, 2.45) is 0 Å². The first-order valence-electron chi connectivity index (χ1n) is 5.45. The molecule has 4 nitrogen and oxygen atoms in total. The molecule has 0 saturated carbocycles. The van der Waals surface area contributed by atoms with Crippen molar-refractivity contribution in [1.82, 2.24) is 10.2 Å². The Bertz CT molecular complexity index is 438. The van der Waals surface area contributed by atoms with Crippen LogP contribution in [0.15, 0.2) is 18.2 Å². The second kappa shape index (κ2) is 6.02. The van der Waals surface area contributed by atoms with Crippen LogP contribution in [-0.2, 0) is 0 Å². The van der Waals surface area contributed by atoms with Crippen molar-refractivity contribution in [2.45, 2.75) is 6.04 Å². The van der Waals surface area contributed by atoms with Gasteiger partial charge in [0.1, 0.15) is 11.6 Å². The summed E-state index contributed by atoms with van der Waals surface area (Å²) in [6.07, 6.45) is 0. The van der Waals surface area contributed by atoms with Crippen LogP contribution in [0.25, 0.3) is 0 Å². The second-order valence-corrected chi connectivity index (χ2v) is 4.07. The molecule has 6 heteroatoms. The quantitative estimate of drug-likeness (QED) is 0.903. The maximum Gasteiger partial charge on any atom is 0.256 e. The molecule has 1 aliphatic rings. The van der Waals surface area contributed by atoms with E-state index in [9.17, 15) is 9.18 Å². The predicted octanol–water partition coefficient (Wildman–Crippen LogP) is 1.30. The number of rotatable bonds is 3. The van der Waals surface area contributed by atoms with Crippen LogP contribution in [0.5, 0.6) is 5.75 Å². The smallest absolute Gasteiger partial charge is 0.256 e. The number of halogens is 2. The van der Waals surface area contributed by atoms with Crippen LogP contribution in [0.4, 0.5) is 4.39 Å². The van der Waals surface area contributed by atoms with E-state index >= 15 is 0 Å². The van der Waals surface area contributed by atoms with Gasteiger partial charge in [-0.2, -0.15) is 0 Å². The van der Waals surface area contributed by atoms with Crippen LogP contribution in [0.2, 0.25) is 0 Å². The van der Waals surface area contributed by atoms with Gasteiger partial charge in [-0.1, -0.05) is 0 Å². The molecule has 0 radical (unpaired) electrons. The molecule has 1 aromatic rings.